The van der Waals surface area contributed by atoms with Crippen molar-refractivity contribution in [1.82, 2.24) is 20.0 Å². The number of hydrogen-bond donors (Lipinski definition) is 1. The molecule has 0 radical (unpaired) electrons. The molecule has 1 amide bonds. The van der Waals surface area contributed by atoms with Crippen molar-refractivity contribution in [1.29, 1.82) is 0 Å². The quantitative estimate of drug-likeness (QED) is 0.622. The van der Waals surface area contributed by atoms with Gasteiger partial charge in [-0.3, -0.25) is 19.8 Å². The molecular weight excluding hydrogens is 346 g/mol. The van der Waals surface area contributed by atoms with Crippen LogP contribution in [0.5, 0.6) is 0 Å². The Hall–Kier alpha value is -2.74. The molecule has 1 aromatic carbocycles. The van der Waals surface area contributed by atoms with Gasteiger partial charge in [0.2, 0.25) is 0 Å². The lowest BCUT2D eigenvalue weighted by molar-refractivity contribution is -0.384. The maximum absolute atomic E-state index is 12.4. The number of amides is 1. The number of piperidine rings is 1. The standard InChI is InChI=1S/C19H25N5O3/c1-14-4-3-10-22(13-14)15(2)12-20-19(25)18-9-11-23(21-18)16-5-7-17(8-6-16)24(26)27/h5-9,11,14-15H,3-4,10,12-13H2,1-2H3,(H,20,25). The molecule has 144 valence electrons. The van der Waals surface area contributed by atoms with Crippen molar-refractivity contribution in [3.05, 3.63) is 52.3 Å². The van der Waals surface area contributed by atoms with E-state index in [1.807, 2.05) is 0 Å². The maximum Gasteiger partial charge on any atom is 0.271 e. The number of hydrogen-bond acceptors (Lipinski definition) is 5. The summed E-state index contributed by atoms with van der Waals surface area (Å²) in [5.74, 6) is 0.488. The van der Waals surface area contributed by atoms with Crippen LogP contribution in [0, 0.1) is 16.0 Å². The predicted octanol–water partition coefficient (Wildman–Crippen LogP) is 2.63. The molecule has 2 aromatic rings. The molecule has 1 aromatic heterocycles. The minimum atomic E-state index is -0.448. The highest BCUT2D eigenvalue weighted by atomic mass is 16.6. The van der Waals surface area contributed by atoms with Crippen LogP contribution >= 0.6 is 0 Å². The molecule has 1 saturated heterocycles. The first-order valence-corrected chi connectivity index (χ1v) is 9.27. The smallest absolute Gasteiger partial charge is 0.271 e. The maximum atomic E-state index is 12.4. The summed E-state index contributed by atoms with van der Waals surface area (Å²) in [6, 6.07) is 7.97. The van der Waals surface area contributed by atoms with Gasteiger partial charge in [-0.2, -0.15) is 5.10 Å². The van der Waals surface area contributed by atoms with Gasteiger partial charge in [-0.1, -0.05) is 6.92 Å². The van der Waals surface area contributed by atoms with Crippen molar-refractivity contribution >= 4 is 11.6 Å². The Balaban J connectivity index is 1.57. The normalized spacial score (nSPS) is 18.8. The lowest BCUT2D eigenvalue weighted by Gasteiger charge is -2.35. The highest BCUT2D eigenvalue weighted by Gasteiger charge is 2.21. The van der Waals surface area contributed by atoms with Crippen molar-refractivity contribution in [3.63, 3.8) is 0 Å². The number of benzene rings is 1. The van der Waals surface area contributed by atoms with Gasteiger partial charge >= 0.3 is 0 Å². The third-order valence-electron chi connectivity index (χ3n) is 5.02. The summed E-state index contributed by atoms with van der Waals surface area (Å²) < 4.78 is 1.54. The first kappa shape index (κ1) is 19.0. The second kappa shape index (κ2) is 8.30. The van der Waals surface area contributed by atoms with E-state index >= 15 is 0 Å². The van der Waals surface area contributed by atoms with Gasteiger partial charge in [-0.25, -0.2) is 4.68 Å². The van der Waals surface area contributed by atoms with Crippen LogP contribution < -0.4 is 5.32 Å². The summed E-state index contributed by atoms with van der Waals surface area (Å²) >= 11 is 0. The third kappa shape index (κ3) is 4.71. The van der Waals surface area contributed by atoms with Crippen LogP contribution in [0.4, 0.5) is 5.69 Å². The molecule has 2 atom stereocenters. The Morgan fingerprint density at radius 2 is 2.11 bits per heavy atom. The molecule has 2 unspecified atom stereocenters. The Morgan fingerprint density at radius 3 is 2.78 bits per heavy atom. The summed E-state index contributed by atoms with van der Waals surface area (Å²) in [4.78, 5) is 25.1. The van der Waals surface area contributed by atoms with Crippen LogP contribution in [-0.2, 0) is 0 Å². The fourth-order valence-corrected chi connectivity index (χ4v) is 3.40. The Kier molecular flexibility index (Phi) is 5.85. The first-order valence-electron chi connectivity index (χ1n) is 9.27. The highest BCUT2D eigenvalue weighted by molar-refractivity contribution is 5.92. The summed E-state index contributed by atoms with van der Waals surface area (Å²) in [6.07, 6.45) is 4.15. The number of aromatic nitrogens is 2. The summed E-state index contributed by atoms with van der Waals surface area (Å²) in [7, 11) is 0. The number of nitrogens with zero attached hydrogens (tertiary/aromatic N) is 4. The number of carbonyl (C=O) groups is 1. The Labute approximate surface area is 158 Å². The van der Waals surface area contributed by atoms with Crippen LogP contribution in [0.2, 0.25) is 0 Å². The van der Waals surface area contributed by atoms with E-state index in [1.165, 1.54) is 29.7 Å². The van der Waals surface area contributed by atoms with Crippen molar-refractivity contribution in [2.24, 2.45) is 5.92 Å². The van der Waals surface area contributed by atoms with Gasteiger partial charge in [0.25, 0.3) is 11.6 Å². The van der Waals surface area contributed by atoms with Crippen LogP contribution in [0.25, 0.3) is 5.69 Å². The Morgan fingerprint density at radius 1 is 1.37 bits per heavy atom. The van der Waals surface area contributed by atoms with Crippen LogP contribution in [-0.4, -0.2) is 51.2 Å². The van der Waals surface area contributed by atoms with Crippen LogP contribution in [0.1, 0.15) is 37.2 Å². The largest absolute Gasteiger partial charge is 0.349 e. The van der Waals surface area contributed by atoms with Crippen LogP contribution in [0.3, 0.4) is 0 Å². The molecular formula is C19H25N5O3. The molecule has 0 aliphatic carbocycles. The molecule has 27 heavy (non-hydrogen) atoms. The predicted molar refractivity (Wildman–Crippen MR) is 102 cm³/mol. The van der Waals surface area contributed by atoms with E-state index in [1.54, 1.807) is 24.4 Å². The van der Waals surface area contributed by atoms with Crippen molar-refractivity contribution in [2.75, 3.05) is 19.6 Å². The van der Waals surface area contributed by atoms with E-state index in [2.05, 4.69) is 29.2 Å². The van der Waals surface area contributed by atoms with Gasteiger partial charge in [-0.15, -0.1) is 0 Å². The minimum absolute atomic E-state index is 0.0184. The van der Waals surface area contributed by atoms with E-state index in [-0.39, 0.29) is 17.6 Å². The molecule has 8 nitrogen and oxygen atoms in total. The minimum Gasteiger partial charge on any atom is -0.349 e. The molecule has 1 fully saturated rings. The number of carbonyl (C=O) groups excluding carboxylic acids is 1. The number of nitrogens with one attached hydrogen (secondary N) is 1. The molecule has 0 bridgehead atoms. The number of rotatable bonds is 6. The zero-order valence-electron chi connectivity index (χ0n) is 15.7. The number of likely N-dealkylation sites (tertiary alicyclic amines) is 1. The average Bonchev–Trinajstić information content (AvgIpc) is 3.16. The van der Waals surface area contributed by atoms with Crippen molar-refractivity contribution < 1.29 is 9.72 Å². The molecule has 3 rings (SSSR count). The summed E-state index contributed by atoms with van der Waals surface area (Å²) in [6.45, 7) is 7.13. The van der Waals surface area contributed by atoms with Gasteiger partial charge < -0.3 is 5.32 Å². The zero-order chi connectivity index (χ0) is 19.4. The van der Waals surface area contributed by atoms with Crippen molar-refractivity contribution in [3.8, 4) is 5.69 Å². The molecule has 2 heterocycles. The summed E-state index contributed by atoms with van der Waals surface area (Å²) in [5, 5.41) is 18.0. The van der Waals surface area contributed by atoms with Gasteiger partial charge in [0.1, 0.15) is 0 Å². The molecule has 1 aliphatic heterocycles. The number of nitro groups is 1. The summed E-state index contributed by atoms with van der Waals surface area (Å²) in [5.41, 5.74) is 1.01. The SMILES string of the molecule is CC1CCCN(C(C)CNC(=O)c2ccn(-c3ccc([N+](=O)[O-])cc3)n2)C1. The fraction of sp³-hybridized carbons (Fsp3) is 0.474. The average molecular weight is 371 g/mol. The van der Waals surface area contributed by atoms with Gasteiger partial charge in [0, 0.05) is 37.5 Å². The van der Waals surface area contributed by atoms with Gasteiger partial charge in [-0.05, 0) is 50.4 Å². The first-order chi connectivity index (χ1) is 12.9. The van der Waals surface area contributed by atoms with E-state index in [0.29, 0.717) is 23.8 Å². The third-order valence-corrected chi connectivity index (χ3v) is 5.02. The second-order valence-corrected chi connectivity index (χ2v) is 7.22. The van der Waals surface area contributed by atoms with E-state index in [4.69, 9.17) is 0 Å². The molecule has 0 saturated carbocycles. The van der Waals surface area contributed by atoms with Crippen LogP contribution in [0.15, 0.2) is 36.5 Å². The van der Waals surface area contributed by atoms with Crippen molar-refractivity contribution in [2.45, 2.75) is 32.7 Å². The van der Waals surface area contributed by atoms with Gasteiger partial charge in [0.15, 0.2) is 5.69 Å². The monoisotopic (exact) mass is 371 g/mol. The number of nitro benzene ring substituents is 1. The lowest BCUT2D eigenvalue weighted by atomic mass is 9.99. The number of non-ortho nitro benzene ring substituents is 1. The highest BCUT2D eigenvalue weighted by Crippen LogP contribution is 2.17. The molecule has 1 N–H and O–H groups in total. The molecule has 1 aliphatic rings. The zero-order valence-corrected chi connectivity index (χ0v) is 15.7. The van der Waals surface area contributed by atoms with E-state index < -0.39 is 4.92 Å². The second-order valence-electron chi connectivity index (χ2n) is 7.22. The van der Waals surface area contributed by atoms with Gasteiger partial charge in [0.05, 0.1) is 10.6 Å². The lowest BCUT2D eigenvalue weighted by Crippen LogP contribution is -2.46. The van der Waals surface area contributed by atoms with E-state index in [9.17, 15) is 14.9 Å². The topological polar surface area (TPSA) is 93.3 Å². The Bertz CT molecular complexity index is 802. The van der Waals surface area contributed by atoms with E-state index in [0.717, 1.165) is 13.1 Å². The molecule has 0 spiro atoms. The fourth-order valence-electron chi connectivity index (χ4n) is 3.40. The molecule has 8 heteroatoms.